The number of carboxylic acid groups (broad SMARTS) is 1. The number of likely N-dealkylation sites (N-methyl/N-ethyl adjacent to an activating group) is 3. The Kier molecular flexibility index (Phi) is 39.6. The van der Waals surface area contributed by atoms with Gasteiger partial charge in [-0.2, -0.15) is 0 Å². The van der Waals surface area contributed by atoms with E-state index in [0.717, 1.165) is 21.7 Å². The smallest absolute Gasteiger partial charge is 0.305 e. The lowest BCUT2D eigenvalue weighted by Crippen LogP contribution is -2.62. The molecular weight excluding hydrogens is 1730 g/mol. The Bertz CT molecular complexity index is 5000. The number of methoxy groups -OCH3 is 1. The molecule has 0 radical (unpaired) electrons. The SMILES string of the molecule is CCCC[C@H]1C(=O)N[C@H](CO)C(=O)N[C@@H](CC(=O)O)C(=O)N[C@@H](C(C)C)C(=O)N(C)C(Cc2ccccc2)C(=O)N[C@@H](CCCN)C(=O)N2CCC[C@@H]2C(=O)N[C@@H](Cc2c[nH]c3ccccc23)C(=O)N[C@@H](Cc2ccc(O)cc2)C(=O)N[C@@H](CCOC)C(=O)N[C@H](C(=O)NCC(N)=O)CSCC(=O)N[C@@H](Cc2cc(F)c(F)c(F)c2)C(=O)N(C)C(Cc2ccccc2)C(=O)N1C. The van der Waals surface area contributed by atoms with Crippen LogP contribution in [0.15, 0.2) is 128 Å². The zero-order valence-corrected chi connectivity index (χ0v) is 74.6. The number of H-pyrrole nitrogens is 1. The van der Waals surface area contributed by atoms with Gasteiger partial charge in [0.15, 0.2) is 17.5 Å². The largest absolute Gasteiger partial charge is 0.508 e. The molecule has 5 aromatic carbocycles. The quantitative estimate of drug-likeness (QED) is 0.0320. The molecule has 0 spiro atoms. The summed E-state index contributed by atoms with van der Waals surface area (Å²) in [5.74, 6) is -24.7. The molecule has 2 unspecified atom stereocenters. The maximum absolute atomic E-state index is 15.5. The Morgan fingerprint density at radius 3 is 1.70 bits per heavy atom. The summed E-state index contributed by atoms with van der Waals surface area (Å²) in [6.45, 7) is 2.48. The number of hydrogen-bond acceptors (Lipinski definition) is 21. The average molecular weight is 1850 g/mol. The van der Waals surface area contributed by atoms with E-state index in [1.54, 1.807) is 98.0 Å². The number of phenols is 1. The summed E-state index contributed by atoms with van der Waals surface area (Å²) in [4.78, 5) is 242. The van der Waals surface area contributed by atoms with Crippen molar-refractivity contribution in [3.8, 4) is 5.75 Å². The number of aliphatic hydroxyl groups is 1. The first-order valence-electron chi connectivity index (χ1n) is 43.0. The Labute approximate surface area is 759 Å². The first-order valence-corrected chi connectivity index (χ1v) is 44.1. The highest BCUT2D eigenvalue weighted by Crippen LogP contribution is 2.27. The van der Waals surface area contributed by atoms with E-state index in [2.05, 4.69) is 58.2 Å². The lowest BCUT2D eigenvalue weighted by Gasteiger charge is -2.36. The highest BCUT2D eigenvalue weighted by Gasteiger charge is 2.45. The fourth-order valence-corrected chi connectivity index (χ4v) is 16.2. The number of aromatic nitrogens is 1. The molecule has 131 heavy (non-hydrogen) atoms. The van der Waals surface area contributed by atoms with Gasteiger partial charge in [0.25, 0.3) is 0 Å². The molecule has 1 aromatic heterocycles. The van der Waals surface area contributed by atoms with Gasteiger partial charge in [-0.3, -0.25) is 76.7 Å². The molecule has 18 N–H and O–H groups in total. The number of ether oxygens (including phenoxy) is 1. The number of nitrogens with two attached hydrogens (primary N) is 2. The third-order valence-electron chi connectivity index (χ3n) is 22.6. The number of fused-ring (bicyclic) bond motifs is 2. The number of phenolic OH excluding ortho intramolecular Hbond substituents is 1. The van der Waals surface area contributed by atoms with E-state index in [-0.39, 0.29) is 96.1 Å². The molecule has 6 aromatic rings. The number of aliphatic hydroxyl groups excluding tert-OH is 1. The van der Waals surface area contributed by atoms with Crippen LogP contribution < -0.4 is 64.6 Å². The van der Waals surface area contributed by atoms with Crippen LogP contribution in [0.5, 0.6) is 5.75 Å². The number of carboxylic acids is 1. The topological polar surface area (TPSA) is 544 Å². The molecule has 2 aliphatic heterocycles. The molecule has 708 valence electrons. The van der Waals surface area contributed by atoms with Gasteiger partial charge in [0.05, 0.1) is 25.3 Å². The number of aliphatic carboxylic acids is 1. The minimum Gasteiger partial charge on any atom is -0.508 e. The Balaban J connectivity index is 1.23. The zero-order valence-electron chi connectivity index (χ0n) is 73.8. The van der Waals surface area contributed by atoms with Gasteiger partial charge >= 0.3 is 5.97 Å². The molecule has 37 nitrogen and oxygen atoms in total. The Hall–Kier alpha value is -13.0. The number of carbonyl (C=O) groups is 16. The van der Waals surface area contributed by atoms with E-state index in [9.17, 15) is 58.1 Å². The van der Waals surface area contributed by atoms with Gasteiger partial charge in [-0.15, -0.1) is 11.8 Å². The van der Waals surface area contributed by atoms with E-state index < -0.39 is 240 Å². The second kappa shape index (κ2) is 50.2. The molecule has 8 rings (SSSR count). The molecule has 2 saturated heterocycles. The second-order valence-electron chi connectivity index (χ2n) is 32.6. The molecule has 0 aliphatic carbocycles. The van der Waals surface area contributed by atoms with Crippen molar-refractivity contribution in [2.45, 2.75) is 189 Å². The van der Waals surface area contributed by atoms with E-state index in [4.69, 9.17) is 16.2 Å². The number of unbranched alkanes of at least 4 members (excludes halogenated alkanes) is 1. The van der Waals surface area contributed by atoms with Crippen molar-refractivity contribution in [1.29, 1.82) is 0 Å². The van der Waals surface area contributed by atoms with Crippen LogP contribution in [-0.4, -0.2) is 286 Å². The lowest BCUT2D eigenvalue weighted by atomic mass is 9.98. The minimum atomic E-state index is -2.07. The van der Waals surface area contributed by atoms with Crippen LogP contribution in [0.25, 0.3) is 10.9 Å². The molecular formula is C90H116F3N17O20S. The molecule has 0 bridgehead atoms. The first-order chi connectivity index (χ1) is 62.4. The highest BCUT2D eigenvalue weighted by atomic mass is 32.2. The number of hydrogen-bond donors (Lipinski definition) is 16. The number of nitrogens with one attached hydrogen (secondary N) is 11. The number of thioether (sulfide) groups is 1. The van der Waals surface area contributed by atoms with E-state index in [1.807, 2.05) is 0 Å². The molecule has 41 heteroatoms. The molecule has 2 fully saturated rings. The van der Waals surface area contributed by atoms with Crippen molar-refractivity contribution in [1.82, 2.24) is 77.8 Å². The maximum Gasteiger partial charge on any atom is 0.305 e. The predicted octanol–water partition coefficient (Wildman–Crippen LogP) is 0.0762. The fraction of sp³-hybridized carbons (Fsp3) is 0.467. The number of carbonyl (C=O) groups excluding carboxylic acids is 15. The summed E-state index contributed by atoms with van der Waals surface area (Å²) < 4.78 is 50.3. The van der Waals surface area contributed by atoms with Crippen molar-refractivity contribution < 1.29 is 110 Å². The molecule has 13 atom stereocenters. The van der Waals surface area contributed by atoms with Crippen molar-refractivity contribution in [3.05, 3.63) is 173 Å². The number of aromatic amines is 1. The molecule has 15 amide bonds. The van der Waals surface area contributed by atoms with E-state index in [0.29, 0.717) is 63.5 Å². The van der Waals surface area contributed by atoms with Crippen molar-refractivity contribution in [2.75, 3.05) is 72.6 Å². The monoisotopic (exact) mass is 1840 g/mol. The molecule has 2 aliphatic rings. The minimum absolute atomic E-state index is 0.00489. The van der Waals surface area contributed by atoms with Crippen LogP contribution in [0.2, 0.25) is 0 Å². The van der Waals surface area contributed by atoms with Gasteiger partial charge in [-0.05, 0) is 109 Å². The summed E-state index contributed by atoms with van der Waals surface area (Å²) in [5, 5.41) is 57.6. The predicted molar refractivity (Wildman–Crippen MR) is 474 cm³/mol. The van der Waals surface area contributed by atoms with Crippen LogP contribution in [0.4, 0.5) is 13.2 Å². The Morgan fingerprint density at radius 2 is 1.09 bits per heavy atom. The lowest BCUT2D eigenvalue weighted by molar-refractivity contribution is -0.149. The second-order valence-corrected chi connectivity index (χ2v) is 33.6. The normalized spacial score (nSPS) is 23.2. The highest BCUT2D eigenvalue weighted by molar-refractivity contribution is 8.00. The summed E-state index contributed by atoms with van der Waals surface area (Å²) in [6, 6.07) is 8.25. The standard InChI is InChI=1S/C90H116F3N17O20S/c1-8-9-27-69-84(123)104-67(47-111)83(122)102-65(44-75(115)116)82(121)106-77(50(2)3)90(129)108(5)71(41-51-20-12-10-13-21-51)86(125)100-62(26-18-34-94)88(127)110-35-19-28-70(110)85(124)103-64(43-55-45-96-60-25-17-16-24-57(55)60)81(120)101-63(39-53-29-31-56(112)32-30-53)80(119)99-61(33-36-130-7)79(118)105-68(78(117)97-46-73(95)113)48-131-49-74(114)98-66(40-54-37-58(91)76(93)59(92)38-54)87(126)109(6)72(89(128)107(69)4)42-52-22-14-11-15-23-52/h10-17,20-25,29-32,37-38,45,50,61-72,77,96,111-112H,8-9,18-19,26-28,33-36,39-44,46-49,94H2,1-7H3,(H2,95,113)(H,97,117)(H,98,114)(H,99,119)(H,100,125)(H,101,120)(H,102,122)(H,103,124)(H,104,123)(H,105,118)(H,106,121)(H,115,116)/t61-,62-,63-,64-,65-,66-,67+,68-,69-,70+,71?,72?,77-/m0/s1. The van der Waals surface area contributed by atoms with Crippen molar-refractivity contribution >= 4 is 117 Å². The van der Waals surface area contributed by atoms with Gasteiger partial charge in [-0.1, -0.05) is 125 Å². The van der Waals surface area contributed by atoms with Gasteiger partial charge in [0.1, 0.15) is 84.3 Å². The number of halogens is 3. The Morgan fingerprint density at radius 1 is 0.557 bits per heavy atom. The summed E-state index contributed by atoms with van der Waals surface area (Å²) >= 11 is 0.639. The van der Waals surface area contributed by atoms with Gasteiger partial charge in [-0.25, -0.2) is 13.2 Å². The summed E-state index contributed by atoms with van der Waals surface area (Å²) in [6.07, 6.45) is -1.20. The fourth-order valence-electron chi connectivity index (χ4n) is 15.3. The number of rotatable bonds is 26. The third kappa shape index (κ3) is 29.8. The molecule has 0 saturated carbocycles. The van der Waals surface area contributed by atoms with Gasteiger partial charge in [0, 0.05) is 96.4 Å². The average Bonchev–Trinajstić information content (AvgIpc) is 1.44. The number of primary amides is 1. The van der Waals surface area contributed by atoms with Gasteiger partial charge < -0.3 is 109 Å². The maximum atomic E-state index is 15.5. The van der Waals surface area contributed by atoms with E-state index >= 15 is 47.1 Å². The summed E-state index contributed by atoms with van der Waals surface area (Å²) in [7, 11) is 4.87. The van der Waals surface area contributed by atoms with Crippen LogP contribution in [-0.2, 0) is 114 Å². The van der Waals surface area contributed by atoms with Crippen molar-refractivity contribution in [2.24, 2.45) is 17.4 Å². The van der Waals surface area contributed by atoms with Crippen LogP contribution in [0.1, 0.15) is 106 Å². The van der Waals surface area contributed by atoms with Gasteiger partial charge in [0.2, 0.25) is 88.6 Å². The third-order valence-corrected chi connectivity index (χ3v) is 23.6. The number of amides is 15. The van der Waals surface area contributed by atoms with Crippen LogP contribution in [0.3, 0.4) is 0 Å². The number of aromatic hydroxyl groups is 1. The zero-order chi connectivity index (χ0) is 95.9. The first kappa shape index (κ1) is 103. The van der Waals surface area contributed by atoms with Crippen LogP contribution >= 0.6 is 11.8 Å². The number of para-hydroxylation sites is 1. The van der Waals surface area contributed by atoms with Crippen LogP contribution in [0, 0.1) is 23.4 Å². The van der Waals surface area contributed by atoms with E-state index in [1.165, 1.54) is 64.2 Å². The molecule has 3 heterocycles. The van der Waals surface area contributed by atoms with Crippen molar-refractivity contribution in [3.63, 3.8) is 0 Å². The number of benzene rings is 5. The summed E-state index contributed by atoms with van der Waals surface area (Å²) in [5.41, 5.74) is 13.5. The number of nitrogens with zero attached hydrogens (tertiary/aromatic N) is 4.